The number of rotatable bonds is 6. The van der Waals surface area contributed by atoms with Crippen LogP contribution in [0.4, 0.5) is 0 Å². The van der Waals surface area contributed by atoms with Crippen molar-refractivity contribution in [2.24, 2.45) is 0 Å². The van der Waals surface area contributed by atoms with Crippen LogP contribution in [0.2, 0.25) is 0 Å². The fraction of sp³-hybridized carbons (Fsp3) is 0.111. The molecule has 8 heteroatoms. The summed E-state index contributed by atoms with van der Waals surface area (Å²) in [5.74, 6) is -4.58. The molecule has 0 saturated carbocycles. The fourth-order valence-electron chi connectivity index (χ4n) is 1.69. The second-order valence-electron chi connectivity index (χ2n) is 4.87. The van der Waals surface area contributed by atoms with Crippen LogP contribution in [0.25, 0.3) is 0 Å². The van der Waals surface area contributed by atoms with Gasteiger partial charge in [-0.2, -0.15) is 0 Å². The molecule has 0 amide bonds. The van der Waals surface area contributed by atoms with Crippen LogP contribution in [0, 0.1) is 0 Å². The smallest absolute Gasteiger partial charge is 0.345 e. The van der Waals surface area contributed by atoms with E-state index in [1.165, 1.54) is 12.1 Å². The highest BCUT2D eigenvalue weighted by atomic mass is 16.6. The lowest BCUT2D eigenvalue weighted by Gasteiger charge is -2.11. The average Bonchev–Trinajstić information content (AvgIpc) is 2.62. The third-order valence-electron chi connectivity index (χ3n) is 2.91. The molecule has 0 aromatic heterocycles. The molecule has 0 saturated heterocycles. The van der Waals surface area contributed by atoms with Gasteiger partial charge in [0.15, 0.2) is 0 Å². The highest BCUT2D eigenvalue weighted by Crippen LogP contribution is 2.06. The molecule has 0 heterocycles. The molecule has 2 aromatic carbocycles. The molecular formula is C18H16O8. The number of ether oxygens (including phenoxy) is 1. The van der Waals surface area contributed by atoms with Crippen LogP contribution in [-0.2, 0) is 14.3 Å². The predicted octanol–water partition coefficient (Wildman–Crippen LogP) is 2.16. The largest absolute Gasteiger partial charge is 0.481 e. The number of benzene rings is 2. The third kappa shape index (κ3) is 7.26. The molecule has 0 radical (unpaired) electrons. The maximum absolute atomic E-state index is 11.5. The Labute approximate surface area is 148 Å². The first-order valence-electron chi connectivity index (χ1n) is 7.30. The summed E-state index contributed by atoms with van der Waals surface area (Å²) in [6.07, 6.45) is -2.45. The molecule has 136 valence electrons. The number of carboxylic acid groups (broad SMARTS) is 3. The zero-order chi connectivity index (χ0) is 19.5. The lowest BCUT2D eigenvalue weighted by atomic mass is 10.2. The van der Waals surface area contributed by atoms with Crippen molar-refractivity contribution in [1.82, 2.24) is 0 Å². The summed E-state index contributed by atoms with van der Waals surface area (Å²) in [7, 11) is 0. The van der Waals surface area contributed by atoms with Crippen molar-refractivity contribution in [3.8, 4) is 0 Å². The van der Waals surface area contributed by atoms with Crippen LogP contribution >= 0.6 is 0 Å². The summed E-state index contributed by atoms with van der Waals surface area (Å²) in [5, 5.41) is 25.5. The van der Waals surface area contributed by atoms with E-state index in [9.17, 15) is 19.2 Å². The van der Waals surface area contributed by atoms with Crippen molar-refractivity contribution in [2.75, 3.05) is 0 Å². The Balaban J connectivity index is 0.000000314. The molecule has 26 heavy (non-hydrogen) atoms. The molecule has 0 aliphatic heterocycles. The monoisotopic (exact) mass is 360 g/mol. The van der Waals surface area contributed by atoms with Gasteiger partial charge in [0.1, 0.15) is 0 Å². The van der Waals surface area contributed by atoms with Gasteiger partial charge in [-0.25, -0.2) is 14.4 Å². The lowest BCUT2D eigenvalue weighted by molar-refractivity contribution is -0.153. The quantitative estimate of drug-likeness (QED) is 0.666. The number of aromatic carboxylic acids is 1. The molecule has 0 spiro atoms. The lowest BCUT2D eigenvalue weighted by Crippen LogP contribution is -2.29. The van der Waals surface area contributed by atoms with Crippen LogP contribution in [-0.4, -0.2) is 45.3 Å². The van der Waals surface area contributed by atoms with Crippen molar-refractivity contribution < 1.29 is 39.2 Å². The number of esters is 1. The van der Waals surface area contributed by atoms with Crippen molar-refractivity contribution in [1.29, 1.82) is 0 Å². The molecule has 0 fully saturated rings. The van der Waals surface area contributed by atoms with Gasteiger partial charge < -0.3 is 20.1 Å². The van der Waals surface area contributed by atoms with Gasteiger partial charge in [-0.15, -0.1) is 0 Å². The molecule has 0 bridgehead atoms. The van der Waals surface area contributed by atoms with Crippen molar-refractivity contribution in [3.63, 3.8) is 0 Å². The maximum atomic E-state index is 11.5. The maximum Gasteiger partial charge on any atom is 0.345 e. The van der Waals surface area contributed by atoms with Gasteiger partial charge in [-0.05, 0) is 24.3 Å². The summed E-state index contributed by atoms with van der Waals surface area (Å²) < 4.78 is 4.59. The van der Waals surface area contributed by atoms with Gasteiger partial charge in [-0.3, -0.25) is 4.79 Å². The Morgan fingerprint density at radius 3 is 1.58 bits per heavy atom. The molecular weight excluding hydrogens is 344 g/mol. The number of aliphatic carboxylic acids is 2. The predicted molar refractivity (Wildman–Crippen MR) is 88.9 cm³/mol. The van der Waals surface area contributed by atoms with Crippen molar-refractivity contribution in [3.05, 3.63) is 71.8 Å². The zero-order valence-corrected chi connectivity index (χ0v) is 13.4. The molecule has 1 atom stereocenters. The second kappa shape index (κ2) is 10.2. The van der Waals surface area contributed by atoms with Crippen LogP contribution in [0.3, 0.4) is 0 Å². The van der Waals surface area contributed by atoms with E-state index in [-0.39, 0.29) is 5.56 Å². The first-order valence-corrected chi connectivity index (χ1v) is 7.30. The Bertz CT molecular complexity index is 755. The minimum Gasteiger partial charge on any atom is -0.481 e. The Morgan fingerprint density at radius 1 is 0.769 bits per heavy atom. The van der Waals surface area contributed by atoms with Gasteiger partial charge in [0.25, 0.3) is 0 Å². The first-order chi connectivity index (χ1) is 12.3. The third-order valence-corrected chi connectivity index (χ3v) is 2.91. The van der Waals surface area contributed by atoms with Gasteiger partial charge in [0.2, 0.25) is 6.10 Å². The number of hydrogen-bond donors (Lipinski definition) is 3. The van der Waals surface area contributed by atoms with E-state index < -0.39 is 36.4 Å². The molecule has 0 unspecified atom stereocenters. The number of carbonyl (C=O) groups is 4. The summed E-state index contributed by atoms with van der Waals surface area (Å²) in [4.78, 5) is 42.7. The van der Waals surface area contributed by atoms with E-state index in [4.69, 9.17) is 15.3 Å². The first kappa shape index (κ1) is 20.4. The van der Waals surface area contributed by atoms with Gasteiger partial charge in [-0.1, -0.05) is 36.4 Å². The Morgan fingerprint density at radius 2 is 1.23 bits per heavy atom. The summed E-state index contributed by atoms with van der Waals surface area (Å²) in [6.45, 7) is 0. The summed E-state index contributed by atoms with van der Waals surface area (Å²) >= 11 is 0. The van der Waals surface area contributed by atoms with Gasteiger partial charge in [0.05, 0.1) is 17.5 Å². The van der Waals surface area contributed by atoms with Crippen molar-refractivity contribution in [2.45, 2.75) is 12.5 Å². The topological polar surface area (TPSA) is 138 Å². The van der Waals surface area contributed by atoms with E-state index in [1.54, 1.807) is 48.5 Å². The SMILES string of the molecule is O=C(O)C[C@@H](OC(=O)c1ccccc1)C(=O)O.O=C(O)c1ccccc1. The molecule has 2 aromatic rings. The van der Waals surface area contributed by atoms with Crippen LogP contribution in [0.5, 0.6) is 0 Å². The number of hydrogen-bond acceptors (Lipinski definition) is 5. The van der Waals surface area contributed by atoms with Crippen LogP contribution in [0.1, 0.15) is 27.1 Å². The zero-order valence-electron chi connectivity index (χ0n) is 13.4. The minimum absolute atomic E-state index is 0.170. The van der Waals surface area contributed by atoms with E-state index >= 15 is 0 Å². The fourth-order valence-corrected chi connectivity index (χ4v) is 1.69. The highest BCUT2D eigenvalue weighted by Gasteiger charge is 2.25. The van der Waals surface area contributed by atoms with E-state index in [0.717, 1.165) is 0 Å². The highest BCUT2D eigenvalue weighted by molar-refractivity contribution is 5.92. The molecule has 0 aliphatic rings. The van der Waals surface area contributed by atoms with Crippen molar-refractivity contribution >= 4 is 23.9 Å². The normalized spacial score (nSPS) is 10.6. The van der Waals surface area contributed by atoms with Gasteiger partial charge in [0, 0.05) is 0 Å². The minimum atomic E-state index is -1.68. The van der Waals surface area contributed by atoms with E-state index in [0.29, 0.717) is 5.56 Å². The second-order valence-corrected chi connectivity index (χ2v) is 4.87. The molecule has 2 rings (SSSR count). The summed E-state index contributed by atoms with van der Waals surface area (Å²) in [6, 6.07) is 16.0. The summed E-state index contributed by atoms with van der Waals surface area (Å²) in [5.41, 5.74) is 0.502. The standard InChI is InChI=1S/C11H10O6.C7H6O2/c12-9(13)6-8(10(14)15)17-11(16)7-4-2-1-3-5-7;8-7(9)6-4-2-1-3-5-6/h1-5,8H,6H2,(H,12,13)(H,14,15);1-5H,(H,8,9)/t8-;/m1./s1. The number of carboxylic acids is 3. The molecule has 8 nitrogen and oxygen atoms in total. The van der Waals surface area contributed by atoms with Crippen LogP contribution < -0.4 is 0 Å². The Kier molecular flexibility index (Phi) is 8.02. The van der Waals surface area contributed by atoms with Gasteiger partial charge >= 0.3 is 23.9 Å². The number of carbonyl (C=O) groups excluding carboxylic acids is 1. The molecule has 3 N–H and O–H groups in total. The van der Waals surface area contributed by atoms with E-state index in [1.807, 2.05) is 0 Å². The Hall–Kier alpha value is -3.68. The van der Waals surface area contributed by atoms with E-state index in [2.05, 4.69) is 4.74 Å². The van der Waals surface area contributed by atoms with Crippen LogP contribution in [0.15, 0.2) is 60.7 Å². The average molecular weight is 360 g/mol. The molecule has 0 aliphatic carbocycles.